The topological polar surface area (TPSA) is 98.2 Å². The standard InChI is InChI=1S/C38H35F6N5O5/c1-24-17-27(6-11-31(24)38(42,43)44)35(50)46-28-7-12-34(45-20-28)54-30-10-5-26-18-33(49(23-52-2)32(26)19-30)36(51)48-15-13-47(14-16-48)21-25-3-8-29(9-4-25)53-22-37(39,40)41/h3-12,17-20H,13-16,21-23H2,1-2H3,(H,46,50). The van der Waals surface area contributed by atoms with Gasteiger partial charge in [-0.3, -0.25) is 14.5 Å². The molecule has 0 atom stereocenters. The summed E-state index contributed by atoms with van der Waals surface area (Å²) in [6.45, 7) is 2.76. The fourth-order valence-corrected chi connectivity index (χ4v) is 6.09. The van der Waals surface area contributed by atoms with Gasteiger partial charge in [0, 0.05) is 62.9 Å². The molecule has 1 aliphatic heterocycles. The van der Waals surface area contributed by atoms with Crippen molar-refractivity contribution < 1.29 is 50.1 Å². The molecule has 0 unspecified atom stereocenters. The Bertz CT molecular complexity index is 2110. The fraction of sp³-hybridized carbons (Fsp3) is 0.289. The van der Waals surface area contributed by atoms with Crippen molar-refractivity contribution in [1.82, 2.24) is 19.4 Å². The second-order valence-corrected chi connectivity index (χ2v) is 12.7. The Labute approximate surface area is 305 Å². The van der Waals surface area contributed by atoms with Crippen LogP contribution in [0.1, 0.15) is 37.5 Å². The number of aryl methyl sites for hydroxylation is 1. The Morgan fingerprint density at radius 3 is 2.20 bits per heavy atom. The lowest BCUT2D eigenvalue weighted by Gasteiger charge is -2.35. The van der Waals surface area contributed by atoms with Crippen LogP contribution in [0, 0.1) is 6.92 Å². The molecular weight excluding hydrogens is 720 g/mol. The third kappa shape index (κ3) is 9.30. The van der Waals surface area contributed by atoms with Crippen LogP contribution in [0.2, 0.25) is 0 Å². The summed E-state index contributed by atoms with van der Waals surface area (Å²) in [4.78, 5) is 34.6. The van der Waals surface area contributed by atoms with E-state index in [4.69, 9.17) is 14.2 Å². The molecule has 0 radical (unpaired) electrons. The number of pyridine rings is 1. The van der Waals surface area contributed by atoms with Gasteiger partial charge in [0.1, 0.15) is 23.9 Å². The van der Waals surface area contributed by atoms with Gasteiger partial charge in [0.15, 0.2) is 6.61 Å². The molecule has 2 aromatic heterocycles. The van der Waals surface area contributed by atoms with Crippen LogP contribution < -0.4 is 14.8 Å². The normalized spacial score (nSPS) is 14.0. The Kier molecular flexibility index (Phi) is 11.1. The van der Waals surface area contributed by atoms with E-state index < -0.39 is 30.4 Å². The van der Waals surface area contributed by atoms with Gasteiger partial charge in [-0.25, -0.2) is 4.98 Å². The van der Waals surface area contributed by atoms with Gasteiger partial charge in [0.05, 0.1) is 23.0 Å². The van der Waals surface area contributed by atoms with E-state index in [1.165, 1.54) is 44.5 Å². The highest BCUT2D eigenvalue weighted by atomic mass is 19.4. The molecule has 2 amide bonds. The number of rotatable bonds is 11. The summed E-state index contributed by atoms with van der Waals surface area (Å²) >= 11 is 0. The summed E-state index contributed by atoms with van der Waals surface area (Å²) in [5, 5.41) is 3.40. The van der Waals surface area contributed by atoms with E-state index in [9.17, 15) is 35.9 Å². The number of hydrogen-bond donors (Lipinski definition) is 1. The molecule has 6 rings (SSSR count). The number of hydrogen-bond acceptors (Lipinski definition) is 7. The van der Waals surface area contributed by atoms with Crippen LogP contribution in [0.5, 0.6) is 17.4 Å². The smallest absolute Gasteiger partial charge is 0.422 e. The van der Waals surface area contributed by atoms with Gasteiger partial charge >= 0.3 is 12.4 Å². The Balaban J connectivity index is 1.07. The molecule has 0 bridgehead atoms. The van der Waals surface area contributed by atoms with Gasteiger partial charge in [-0.1, -0.05) is 12.1 Å². The van der Waals surface area contributed by atoms with E-state index in [-0.39, 0.29) is 35.4 Å². The van der Waals surface area contributed by atoms with Crippen LogP contribution in [0.4, 0.5) is 32.0 Å². The molecule has 3 aromatic carbocycles. The first kappa shape index (κ1) is 38.1. The quantitative estimate of drug-likeness (QED) is 0.137. The summed E-state index contributed by atoms with van der Waals surface area (Å²) in [6.07, 6.45) is -7.56. The van der Waals surface area contributed by atoms with Crippen LogP contribution >= 0.6 is 0 Å². The van der Waals surface area contributed by atoms with Gasteiger partial charge in [-0.2, -0.15) is 26.3 Å². The highest BCUT2D eigenvalue weighted by Gasteiger charge is 2.32. The maximum atomic E-state index is 13.8. The zero-order valence-electron chi connectivity index (χ0n) is 29.1. The number of benzene rings is 3. The van der Waals surface area contributed by atoms with E-state index >= 15 is 0 Å². The molecule has 284 valence electrons. The first-order chi connectivity index (χ1) is 25.7. The highest BCUT2D eigenvalue weighted by molar-refractivity contribution is 6.04. The summed E-state index contributed by atoms with van der Waals surface area (Å²) in [6, 6.07) is 19.8. The summed E-state index contributed by atoms with van der Waals surface area (Å²) in [7, 11) is 1.52. The monoisotopic (exact) mass is 755 g/mol. The molecule has 10 nitrogen and oxygen atoms in total. The molecule has 1 fully saturated rings. The molecule has 16 heteroatoms. The van der Waals surface area contributed by atoms with Crippen LogP contribution in [0.25, 0.3) is 10.9 Å². The zero-order chi connectivity index (χ0) is 38.6. The van der Waals surface area contributed by atoms with Crippen molar-refractivity contribution in [3.63, 3.8) is 0 Å². The summed E-state index contributed by atoms with van der Waals surface area (Å²) < 4.78 is 94.5. The molecule has 54 heavy (non-hydrogen) atoms. The van der Waals surface area contributed by atoms with Crippen LogP contribution in [0.15, 0.2) is 85.1 Å². The number of aromatic nitrogens is 2. The minimum Gasteiger partial charge on any atom is -0.484 e. The third-order valence-electron chi connectivity index (χ3n) is 8.76. The SMILES string of the molecule is COCn1c(C(=O)N2CCN(Cc3ccc(OCC(F)(F)F)cc3)CC2)cc2ccc(Oc3ccc(NC(=O)c4ccc(C(F)(F)F)c(C)c4)cn3)cc21. The van der Waals surface area contributed by atoms with E-state index in [1.807, 2.05) is 6.07 Å². The molecule has 1 aliphatic rings. The van der Waals surface area contributed by atoms with Crippen molar-refractivity contribution in [1.29, 1.82) is 0 Å². The van der Waals surface area contributed by atoms with Crippen molar-refractivity contribution in [2.24, 2.45) is 0 Å². The number of ether oxygens (including phenoxy) is 3. The Morgan fingerprint density at radius 2 is 1.57 bits per heavy atom. The van der Waals surface area contributed by atoms with E-state index in [0.29, 0.717) is 55.4 Å². The number of fused-ring (bicyclic) bond motifs is 1. The number of carbonyl (C=O) groups excluding carboxylic acids is 2. The number of alkyl halides is 6. The van der Waals surface area contributed by atoms with Crippen molar-refractivity contribution in [3.8, 4) is 17.4 Å². The van der Waals surface area contributed by atoms with Gasteiger partial charge in [0.2, 0.25) is 5.88 Å². The average molecular weight is 756 g/mol. The van der Waals surface area contributed by atoms with Crippen molar-refractivity contribution >= 4 is 28.4 Å². The number of halogens is 6. The minimum absolute atomic E-state index is 0.0661. The van der Waals surface area contributed by atoms with Crippen molar-refractivity contribution in [3.05, 3.63) is 113 Å². The van der Waals surface area contributed by atoms with Gasteiger partial charge < -0.3 is 29.0 Å². The number of methoxy groups -OCH3 is 1. The second-order valence-electron chi connectivity index (χ2n) is 12.7. The molecule has 3 heterocycles. The fourth-order valence-electron chi connectivity index (χ4n) is 6.09. The predicted octanol–water partition coefficient (Wildman–Crippen LogP) is 7.91. The summed E-state index contributed by atoms with van der Waals surface area (Å²) in [5.41, 5.74) is 1.54. The molecule has 0 saturated carbocycles. The Hall–Kier alpha value is -5.61. The van der Waals surface area contributed by atoms with Crippen molar-refractivity contribution in [2.45, 2.75) is 32.6 Å². The lowest BCUT2D eigenvalue weighted by atomic mass is 10.0. The van der Waals surface area contributed by atoms with E-state index in [1.54, 1.807) is 45.9 Å². The molecule has 0 aliphatic carbocycles. The maximum absolute atomic E-state index is 13.8. The van der Waals surface area contributed by atoms with Crippen LogP contribution in [-0.2, 0) is 24.2 Å². The Morgan fingerprint density at radius 1 is 0.852 bits per heavy atom. The zero-order valence-corrected chi connectivity index (χ0v) is 29.1. The minimum atomic E-state index is -4.51. The first-order valence-corrected chi connectivity index (χ1v) is 16.7. The first-order valence-electron chi connectivity index (χ1n) is 16.7. The van der Waals surface area contributed by atoms with Crippen LogP contribution in [-0.4, -0.2) is 77.2 Å². The third-order valence-corrected chi connectivity index (χ3v) is 8.76. The maximum Gasteiger partial charge on any atom is 0.422 e. The summed E-state index contributed by atoms with van der Waals surface area (Å²) in [5.74, 6) is 0.0203. The lowest BCUT2D eigenvalue weighted by molar-refractivity contribution is -0.153. The number of carbonyl (C=O) groups is 2. The molecule has 0 spiro atoms. The van der Waals surface area contributed by atoms with Gasteiger partial charge in [-0.15, -0.1) is 0 Å². The van der Waals surface area contributed by atoms with Gasteiger partial charge in [-0.05, 0) is 72.6 Å². The van der Waals surface area contributed by atoms with Crippen molar-refractivity contribution in [2.75, 3.05) is 45.2 Å². The number of anilines is 1. The van der Waals surface area contributed by atoms with Crippen LogP contribution in [0.3, 0.4) is 0 Å². The molecule has 1 N–H and O–H groups in total. The largest absolute Gasteiger partial charge is 0.484 e. The number of amides is 2. The van der Waals surface area contributed by atoms with Gasteiger partial charge in [0.25, 0.3) is 11.8 Å². The average Bonchev–Trinajstić information content (AvgIpc) is 3.49. The highest BCUT2D eigenvalue weighted by Crippen LogP contribution is 2.33. The molecular formula is C38H35F6N5O5. The molecule has 1 saturated heterocycles. The number of piperazine rings is 1. The predicted molar refractivity (Wildman–Crippen MR) is 187 cm³/mol. The second kappa shape index (κ2) is 15.8. The molecule has 5 aromatic rings. The lowest BCUT2D eigenvalue weighted by Crippen LogP contribution is -2.48. The van der Waals surface area contributed by atoms with E-state index in [2.05, 4.69) is 15.2 Å². The number of nitrogens with one attached hydrogen (secondary N) is 1. The number of nitrogens with zero attached hydrogens (tertiary/aromatic N) is 4. The van der Waals surface area contributed by atoms with E-state index in [0.717, 1.165) is 23.1 Å².